The van der Waals surface area contributed by atoms with Crippen LogP contribution in [0, 0.1) is 5.82 Å². The van der Waals surface area contributed by atoms with Crippen molar-refractivity contribution in [3.05, 3.63) is 71.5 Å². The summed E-state index contributed by atoms with van der Waals surface area (Å²) >= 11 is 0. The predicted octanol–water partition coefficient (Wildman–Crippen LogP) is 4.52. The van der Waals surface area contributed by atoms with Crippen LogP contribution in [0.3, 0.4) is 0 Å². The first-order valence-corrected chi connectivity index (χ1v) is 7.08. The van der Waals surface area contributed by atoms with E-state index in [2.05, 4.69) is 0 Å². The Kier molecular flexibility index (Phi) is 3.39. The highest BCUT2D eigenvalue weighted by atomic mass is 19.1. The third-order valence-electron chi connectivity index (χ3n) is 4.32. The number of rotatable bonds is 3. The Hall–Kier alpha value is -1.96. The lowest BCUT2D eigenvalue weighted by Crippen LogP contribution is -2.33. The van der Waals surface area contributed by atoms with Gasteiger partial charge in [0.15, 0.2) is 5.78 Å². The maximum Gasteiger partial charge on any atom is 0.173 e. The molecular formula is C18H17FO. The maximum atomic E-state index is 13.0. The minimum absolute atomic E-state index is 0.126. The highest BCUT2D eigenvalue weighted by molar-refractivity contribution is 6.04. The fourth-order valence-electron chi connectivity index (χ4n) is 3.26. The highest BCUT2D eigenvalue weighted by Gasteiger charge is 2.42. The molecule has 2 aromatic carbocycles. The fourth-order valence-corrected chi connectivity index (χ4v) is 3.26. The number of carbonyl (C=O) groups is 1. The van der Waals surface area contributed by atoms with Gasteiger partial charge < -0.3 is 0 Å². The zero-order valence-corrected chi connectivity index (χ0v) is 11.3. The van der Waals surface area contributed by atoms with Gasteiger partial charge in [-0.2, -0.15) is 0 Å². The van der Waals surface area contributed by atoms with E-state index in [0.717, 1.165) is 31.2 Å². The summed E-state index contributed by atoms with van der Waals surface area (Å²) in [7, 11) is 0. The van der Waals surface area contributed by atoms with Crippen LogP contribution in [0.2, 0.25) is 0 Å². The molecule has 1 aliphatic carbocycles. The van der Waals surface area contributed by atoms with Crippen molar-refractivity contribution in [2.45, 2.75) is 31.1 Å². The van der Waals surface area contributed by atoms with E-state index in [4.69, 9.17) is 0 Å². The van der Waals surface area contributed by atoms with Gasteiger partial charge in [0.25, 0.3) is 0 Å². The molecule has 0 bridgehead atoms. The van der Waals surface area contributed by atoms with Crippen LogP contribution < -0.4 is 0 Å². The zero-order chi connectivity index (χ0) is 14.0. The summed E-state index contributed by atoms with van der Waals surface area (Å²) in [6.45, 7) is 0. The molecule has 0 spiro atoms. The number of benzene rings is 2. The van der Waals surface area contributed by atoms with Gasteiger partial charge in [0.05, 0.1) is 5.41 Å². The average molecular weight is 268 g/mol. The molecule has 0 aliphatic heterocycles. The van der Waals surface area contributed by atoms with Gasteiger partial charge in [-0.1, -0.05) is 43.2 Å². The van der Waals surface area contributed by atoms with Gasteiger partial charge in [-0.15, -0.1) is 0 Å². The Morgan fingerprint density at radius 1 is 0.900 bits per heavy atom. The largest absolute Gasteiger partial charge is 0.293 e. The standard InChI is InChI=1S/C18H17FO/c19-16-10-8-14(9-11-16)17(20)18(12-4-5-13-18)15-6-2-1-3-7-15/h1-3,6-11H,4-5,12-13H2. The second-order valence-electron chi connectivity index (χ2n) is 5.49. The molecule has 1 nitrogen and oxygen atoms in total. The van der Waals surface area contributed by atoms with Gasteiger partial charge in [-0.25, -0.2) is 4.39 Å². The fraction of sp³-hybridized carbons (Fsp3) is 0.278. The van der Waals surface area contributed by atoms with Crippen molar-refractivity contribution >= 4 is 5.78 Å². The highest BCUT2D eigenvalue weighted by Crippen LogP contribution is 2.43. The quantitative estimate of drug-likeness (QED) is 0.748. The molecular weight excluding hydrogens is 251 g/mol. The van der Waals surface area contributed by atoms with Crippen molar-refractivity contribution in [2.24, 2.45) is 0 Å². The van der Waals surface area contributed by atoms with Crippen LogP contribution in [0.15, 0.2) is 54.6 Å². The number of Topliss-reactive ketones (excluding diaryl/α,β-unsaturated/α-hetero) is 1. The van der Waals surface area contributed by atoms with Gasteiger partial charge in [-0.3, -0.25) is 4.79 Å². The van der Waals surface area contributed by atoms with Crippen molar-refractivity contribution in [1.29, 1.82) is 0 Å². The lowest BCUT2D eigenvalue weighted by molar-refractivity contribution is 0.0886. The Labute approximate surface area is 118 Å². The van der Waals surface area contributed by atoms with Crippen molar-refractivity contribution in [3.8, 4) is 0 Å². The SMILES string of the molecule is O=C(c1ccc(F)cc1)C1(c2ccccc2)CCCC1. The van der Waals surface area contributed by atoms with Gasteiger partial charge in [0.1, 0.15) is 5.82 Å². The van der Waals surface area contributed by atoms with Crippen LogP contribution in [0.5, 0.6) is 0 Å². The molecule has 1 saturated carbocycles. The van der Waals surface area contributed by atoms with E-state index < -0.39 is 5.41 Å². The van der Waals surface area contributed by atoms with Crippen LogP contribution in [-0.4, -0.2) is 5.78 Å². The van der Waals surface area contributed by atoms with E-state index in [0.29, 0.717) is 5.56 Å². The van der Waals surface area contributed by atoms with E-state index in [1.807, 2.05) is 30.3 Å². The normalized spacial score (nSPS) is 17.1. The molecule has 0 unspecified atom stereocenters. The molecule has 0 saturated heterocycles. The summed E-state index contributed by atoms with van der Waals surface area (Å²) in [5.41, 5.74) is 1.28. The Balaban J connectivity index is 2.03. The van der Waals surface area contributed by atoms with E-state index in [1.165, 1.54) is 12.1 Å². The van der Waals surface area contributed by atoms with Crippen LogP contribution in [-0.2, 0) is 5.41 Å². The maximum absolute atomic E-state index is 13.0. The van der Waals surface area contributed by atoms with Crippen LogP contribution in [0.1, 0.15) is 41.6 Å². The van der Waals surface area contributed by atoms with Crippen molar-refractivity contribution in [2.75, 3.05) is 0 Å². The minimum atomic E-state index is -0.418. The smallest absolute Gasteiger partial charge is 0.173 e. The molecule has 0 amide bonds. The number of hydrogen-bond acceptors (Lipinski definition) is 1. The molecule has 3 rings (SSSR count). The first kappa shape index (κ1) is 13.0. The van der Waals surface area contributed by atoms with E-state index in [9.17, 15) is 9.18 Å². The molecule has 0 atom stereocenters. The summed E-state index contributed by atoms with van der Waals surface area (Å²) in [4.78, 5) is 13.0. The summed E-state index contributed by atoms with van der Waals surface area (Å²) in [6, 6.07) is 15.9. The van der Waals surface area contributed by atoms with Gasteiger partial charge in [0, 0.05) is 5.56 Å². The summed E-state index contributed by atoms with van der Waals surface area (Å²) in [6.07, 6.45) is 3.91. The van der Waals surface area contributed by atoms with Gasteiger partial charge in [-0.05, 0) is 42.7 Å². The molecule has 2 aromatic rings. The van der Waals surface area contributed by atoms with Crippen molar-refractivity contribution in [3.63, 3.8) is 0 Å². The summed E-state index contributed by atoms with van der Waals surface area (Å²) in [5, 5.41) is 0. The van der Waals surface area contributed by atoms with Crippen LogP contribution in [0.25, 0.3) is 0 Å². The van der Waals surface area contributed by atoms with Crippen LogP contribution in [0.4, 0.5) is 4.39 Å². The van der Waals surface area contributed by atoms with E-state index >= 15 is 0 Å². The van der Waals surface area contributed by atoms with Crippen molar-refractivity contribution < 1.29 is 9.18 Å². The minimum Gasteiger partial charge on any atom is -0.293 e. The number of halogens is 1. The molecule has 0 radical (unpaired) electrons. The van der Waals surface area contributed by atoms with E-state index in [-0.39, 0.29) is 11.6 Å². The van der Waals surface area contributed by atoms with Crippen molar-refractivity contribution in [1.82, 2.24) is 0 Å². The molecule has 20 heavy (non-hydrogen) atoms. The first-order valence-electron chi connectivity index (χ1n) is 7.08. The average Bonchev–Trinajstić information content (AvgIpc) is 2.99. The topological polar surface area (TPSA) is 17.1 Å². The van der Waals surface area contributed by atoms with E-state index in [1.54, 1.807) is 12.1 Å². The first-order chi connectivity index (χ1) is 9.72. The number of carbonyl (C=O) groups excluding carboxylic acids is 1. The predicted molar refractivity (Wildman–Crippen MR) is 77.3 cm³/mol. The number of hydrogen-bond donors (Lipinski definition) is 0. The monoisotopic (exact) mass is 268 g/mol. The molecule has 1 fully saturated rings. The Morgan fingerprint density at radius 2 is 1.50 bits per heavy atom. The summed E-state index contributed by atoms with van der Waals surface area (Å²) < 4.78 is 13.0. The molecule has 2 heteroatoms. The second-order valence-corrected chi connectivity index (χ2v) is 5.49. The van der Waals surface area contributed by atoms with Crippen LogP contribution >= 0.6 is 0 Å². The lowest BCUT2D eigenvalue weighted by Gasteiger charge is -2.28. The molecule has 102 valence electrons. The molecule has 1 aliphatic rings. The molecule has 0 N–H and O–H groups in total. The molecule has 0 aromatic heterocycles. The Morgan fingerprint density at radius 3 is 2.10 bits per heavy atom. The lowest BCUT2D eigenvalue weighted by atomic mass is 9.73. The third kappa shape index (κ3) is 2.15. The van der Waals surface area contributed by atoms with Gasteiger partial charge in [0.2, 0.25) is 0 Å². The van der Waals surface area contributed by atoms with Gasteiger partial charge >= 0.3 is 0 Å². The summed E-state index contributed by atoms with van der Waals surface area (Å²) in [5.74, 6) is -0.178. The third-order valence-corrected chi connectivity index (χ3v) is 4.32. The second kappa shape index (κ2) is 5.20. The number of ketones is 1. The zero-order valence-electron chi connectivity index (χ0n) is 11.3. The Bertz CT molecular complexity index is 595. The molecule has 0 heterocycles.